The first-order chi connectivity index (χ1) is 15.1. The molecule has 8 heteroatoms. The number of aryl methyl sites for hydroxylation is 1. The maximum Gasteiger partial charge on any atom is 0.197 e. The number of pyridine rings is 1. The molecule has 0 unspecified atom stereocenters. The van der Waals surface area contributed by atoms with Crippen molar-refractivity contribution >= 4 is 28.1 Å². The van der Waals surface area contributed by atoms with Crippen LogP contribution in [0.5, 0.6) is 0 Å². The van der Waals surface area contributed by atoms with Crippen molar-refractivity contribution in [2.75, 3.05) is 19.4 Å². The standard InChI is InChI=1S/C23H22N6O2/c1-29(2)13-14-10-25-23(26-11-14)22-21(18-7-8-24-12-20(18)31-22)27-16-4-5-17-15(9-16)3-6-19(17)28-30/h4-5,7-12,27,30H,3,6,13H2,1-2H3. The lowest BCUT2D eigenvalue weighted by Crippen LogP contribution is -2.11. The Bertz CT molecular complexity index is 1280. The maximum atomic E-state index is 9.18. The Hall–Kier alpha value is -3.78. The van der Waals surface area contributed by atoms with Crippen LogP contribution in [0, 0.1) is 0 Å². The van der Waals surface area contributed by atoms with Gasteiger partial charge in [-0.25, -0.2) is 9.97 Å². The monoisotopic (exact) mass is 414 g/mol. The van der Waals surface area contributed by atoms with Crippen LogP contribution in [0.4, 0.5) is 11.4 Å². The van der Waals surface area contributed by atoms with E-state index in [9.17, 15) is 5.21 Å². The number of hydrogen-bond acceptors (Lipinski definition) is 8. The van der Waals surface area contributed by atoms with E-state index in [1.54, 1.807) is 12.4 Å². The molecule has 0 saturated heterocycles. The highest BCUT2D eigenvalue weighted by Gasteiger charge is 2.21. The molecule has 3 heterocycles. The lowest BCUT2D eigenvalue weighted by molar-refractivity contribution is 0.318. The number of hydrogen-bond donors (Lipinski definition) is 2. The number of aromatic nitrogens is 3. The predicted octanol–water partition coefficient (Wildman–Crippen LogP) is 4.21. The van der Waals surface area contributed by atoms with Gasteiger partial charge in [-0.15, -0.1) is 0 Å². The predicted molar refractivity (Wildman–Crippen MR) is 119 cm³/mol. The fourth-order valence-corrected chi connectivity index (χ4v) is 3.95. The van der Waals surface area contributed by atoms with E-state index < -0.39 is 0 Å². The Morgan fingerprint density at radius 3 is 2.74 bits per heavy atom. The topological polar surface area (TPSA) is 99.7 Å². The summed E-state index contributed by atoms with van der Waals surface area (Å²) in [5.74, 6) is 1.08. The van der Waals surface area contributed by atoms with E-state index in [1.165, 1.54) is 0 Å². The number of anilines is 2. The van der Waals surface area contributed by atoms with Gasteiger partial charge >= 0.3 is 0 Å². The molecule has 31 heavy (non-hydrogen) atoms. The van der Waals surface area contributed by atoms with Crippen LogP contribution in [0.25, 0.3) is 22.6 Å². The van der Waals surface area contributed by atoms with Crippen molar-refractivity contribution in [2.45, 2.75) is 19.4 Å². The molecule has 0 fully saturated rings. The van der Waals surface area contributed by atoms with E-state index in [0.29, 0.717) is 17.2 Å². The minimum absolute atomic E-state index is 0.511. The number of fused-ring (bicyclic) bond motifs is 2. The van der Waals surface area contributed by atoms with Gasteiger partial charge in [0, 0.05) is 47.3 Å². The van der Waals surface area contributed by atoms with Crippen LogP contribution in [0.3, 0.4) is 0 Å². The minimum Gasteiger partial charge on any atom is -0.449 e. The molecule has 3 aromatic heterocycles. The maximum absolute atomic E-state index is 9.18. The van der Waals surface area contributed by atoms with Gasteiger partial charge in [-0.1, -0.05) is 11.2 Å². The summed E-state index contributed by atoms with van der Waals surface area (Å²) in [6, 6.07) is 7.95. The second-order valence-corrected chi connectivity index (χ2v) is 7.87. The Morgan fingerprint density at radius 2 is 1.97 bits per heavy atom. The van der Waals surface area contributed by atoms with Gasteiger partial charge in [0.15, 0.2) is 17.2 Å². The summed E-state index contributed by atoms with van der Waals surface area (Å²) in [5.41, 5.74) is 6.29. The number of rotatable bonds is 5. The first kappa shape index (κ1) is 19.2. The van der Waals surface area contributed by atoms with Gasteiger partial charge < -0.3 is 19.8 Å². The van der Waals surface area contributed by atoms with Crippen LogP contribution in [-0.4, -0.2) is 44.9 Å². The van der Waals surface area contributed by atoms with Gasteiger partial charge in [0.25, 0.3) is 0 Å². The first-order valence-electron chi connectivity index (χ1n) is 10.1. The average molecular weight is 414 g/mol. The number of oxime groups is 1. The lowest BCUT2D eigenvalue weighted by atomic mass is 10.1. The van der Waals surface area contributed by atoms with Gasteiger partial charge in [-0.2, -0.15) is 0 Å². The molecule has 8 nitrogen and oxygen atoms in total. The van der Waals surface area contributed by atoms with Crippen molar-refractivity contribution in [2.24, 2.45) is 5.16 Å². The third-order valence-electron chi connectivity index (χ3n) is 5.34. The summed E-state index contributed by atoms with van der Waals surface area (Å²) in [7, 11) is 4.02. The molecule has 1 aliphatic carbocycles. The molecule has 5 rings (SSSR count). The van der Waals surface area contributed by atoms with Gasteiger partial charge in [0.2, 0.25) is 0 Å². The van der Waals surface area contributed by atoms with Crippen molar-refractivity contribution in [3.63, 3.8) is 0 Å². The van der Waals surface area contributed by atoms with Crippen molar-refractivity contribution < 1.29 is 9.62 Å². The largest absolute Gasteiger partial charge is 0.449 e. The van der Waals surface area contributed by atoms with Crippen molar-refractivity contribution in [3.05, 3.63) is 65.7 Å². The van der Waals surface area contributed by atoms with Crippen LogP contribution >= 0.6 is 0 Å². The van der Waals surface area contributed by atoms with Gasteiger partial charge in [-0.3, -0.25) is 4.98 Å². The molecule has 0 spiro atoms. The highest BCUT2D eigenvalue weighted by atomic mass is 16.4. The second-order valence-electron chi connectivity index (χ2n) is 7.87. The van der Waals surface area contributed by atoms with Crippen LogP contribution in [0.15, 0.2) is 58.6 Å². The molecule has 4 aromatic rings. The summed E-state index contributed by atoms with van der Waals surface area (Å²) in [4.78, 5) is 15.3. The highest BCUT2D eigenvalue weighted by Crippen LogP contribution is 2.38. The third kappa shape index (κ3) is 3.62. The molecular weight excluding hydrogens is 392 g/mol. The molecule has 0 saturated carbocycles. The highest BCUT2D eigenvalue weighted by molar-refractivity contribution is 6.05. The van der Waals surface area contributed by atoms with E-state index in [4.69, 9.17) is 4.42 Å². The lowest BCUT2D eigenvalue weighted by Gasteiger charge is -2.10. The fourth-order valence-electron chi connectivity index (χ4n) is 3.95. The number of furan rings is 1. The number of nitrogens with zero attached hydrogens (tertiary/aromatic N) is 5. The van der Waals surface area contributed by atoms with Crippen LogP contribution in [-0.2, 0) is 13.0 Å². The summed E-state index contributed by atoms with van der Waals surface area (Å²) in [6.07, 6.45) is 8.67. The van der Waals surface area contributed by atoms with Crippen molar-refractivity contribution in [1.82, 2.24) is 19.9 Å². The van der Waals surface area contributed by atoms with Crippen molar-refractivity contribution in [3.8, 4) is 11.6 Å². The van der Waals surface area contributed by atoms with E-state index in [-0.39, 0.29) is 0 Å². The Morgan fingerprint density at radius 1 is 1.13 bits per heavy atom. The van der Waals surface area contributed by atoms with Gasteiger partial charge in [0.05, 0.1) is 17.6 Å². The van der Waals surface area contributed by atoms with Gasteiger partial charge in [-0.05, 0) is 50.7 Å². The molecule has 0 radical (unpaired) electrons. The van der Waals surface area contributed by atoms with E-state index in [0.717, 1.165) is 58.5 Å². The smallest absolute Gasteiger partial charge is 0.197 e. The van der Waals surface area contributed by atoms with Crippen LogP contribution < -0.4 is 5.32 Å². The Kier molecular flexibility index (Phi) is 4.83. The first-order valence-corrected chi connectivity index (χ1v) is 10.1. The number of benzene rings is 1. The summed E-state index contributed by atoms with van der Waals surface area (Å²) < 4.78 is 6.09. The molecule has 2 N–H and O–H groups in total. The second kappa shape index (κ2) is 7.81. The zero-order valence-electron chi connectivity index (χ0n) is 17.3. The van der Waals surface area contributed by atoms with E-state index in [2.05, 4.69) is 36.4 Å². The molecule has 0 atom stereocenters. The summed E-state index contributed by atoms with van der Waals surface area (Å²) >= 11 is 0. The molecular formula is C23H22N6O2. The summed E-state index contributed by atoms with van der Waals surface area (Å²) in [5, 5.41) is 17.0. The third-order valence-corrected chi connectivity index (χ3v) is 5.34. The average Bonchev–Trinajstić information content (AvgIpc) is 3.35. The minimum atomic E-state index is 0.511. The Labute approximate surface area is 179 Å². The van der Waals surface area contributed by atoms with Crippen LogP contribution in [0.2, 0.25) is 0 Å². The molecule has 1 aromatic carbocycles. The molecule has 156 valence electrons. The summed E-state index contributed by atoms with van der Waals surface area (Å²) in [6.45, 7) is 0.768. The quantitative estimate of drug-likeness (QED) is 0.373. The molecule has 0 bridgehead atoms. The molecule has 1 aliphatic rings. The molecule has 0 aliphatic heterocycles. The fraction of sp³-hybridized carbons (Fsp3) is 0.217. The SMILES string of the molecule is CN(C)Cc1cnc(-c2oc3cnccc3c2Nc2ccc3c(c2)CCC3=NO)nc1. The van der Waals surface area contributed by atoms with E-state index in [1.807, 2.05) is 44.7 Å². The Balaban J connectivity index is 1.54. The zero-order chi connectivity index (χ0) is 21.4. The molecule has 0 amide bonds. The van der Waals surface area contributed by atoms with Crippen molar-refractivity contribution in [1.29, 1.82) is 0 Å². The van der Waals surface area contributed by atoms with Crippen LogP contribution in [0.1, 0.15) is 23.1 Å². The zero-order valence-corrected chi connectivity index (χ0v) is 17.3. The normalized spacial score (nSPS) is 14.5. The van der Waals surface area contributed by atoms with E-state index >= 15 is 0 Å². The van der Waals surface area contributed by atoms with Gasteiger partial charge in [0.1, 0.15) is 0 Å². The number of nitrogens with one attached hydrogen (secondary N) is 1.